The zero-order valence-electron chi connectivity index (χ0n) is 11.7. The van der Waals surface area contributed by atoms with Crippen molar-refractivity contribution in [2.24, 2.45) is 10.9 Å². The highest BCUT2D eigenvalue weighted by atomic mass is 16.4. The fraction of sp³-hybridized carbons (Fsp3) is 0.357. The molecule has 1 aliphatic heterocycles. The second-order valence-electron chi connectivity index (χ2n) is 4.89. The summed E-state index contributed by atoms with van der Waals surface area (Å²) < 4.78 is 0. The molecular formula is C14H18N4O3. The van der Waals surface area contributed by atoms with Gasteiger partial charge in [-0.15, -0.1) is 0 Å². The normalized spacial score (nSPS) is 17.8. The molecule has 0 fully saturated rings. The van der Waals surface area contributed by atoms with Crippen molar-refractivity contribution in [3.63, 3.8) is 0 Å². The Morgan fingerprint density at radius 3 is 2.81 bits per heavy atom. The molecule has 0 aliphatic carbocycles. The summed E-state index contributed by atoms with van der Waals surface area (Å²) in [5, 5.41) is 14.6. The van der Waals surface area contributed by atoms with E-state index in [0.717, 1.165) is 17.7 Å². The fourth-order valence-corrected chi connectivity index (χ4v) is 2.51. The number of nitrogens with one attached hydrogen (secondary N) is 1. The molecule has 3 amide bonds. The average molecular weight is 290 g/mol. The van der Waals surface area contributed by atoms with Crippen molar-refractivity contribution in [2.45, 2.75) is 25.8 Å². The van der Waals surface area contributed by atoms with Crippen molar-refractivity contribution in [2.75, 3.05) is 11.4 Å². The van der Waals surface area contributed by atoms with Crippen LogP contribution in [0, 0.1) is 0 Å². The number of nitrogens with two attached hydrogens (primary N) is 1. The number of rotatable bonds is 2. The third kappa shape index (κ3) is 3.13. The first-order valence-electron chi connectivity index (χ1n) is 6.72. The third-order valence-electron chi connectivity index (χ3n) is 3.55. The number of primary amides is 1. The van der Waals surface area contributed by atoms with Gasteiger partial charge in [-0.05, 0) is 25.8 Å². The molecule has 0 saturated carbocycles. The Hall–Kier alpha value is -2.57. The first-order chi connectivity index (χ1) is 10.0. The second kappa shape index (κ2) is 6.25. The quantitative estimate of drug-likeness (QED) is 0.558. The highest BCUT2D eigenvalue weighted by molar-refractivity contribution is 6.06. The van der Waals surface area contributed by atoms with Crippen LogP contribution in [0.2, 0.25) is 0 Å². The van der Waals surface area contributed by atoms with Crippen LogP contribution in [0.1, 0.15) is 25.3 Å². The molecule has 1 aromatic rings. The number of hydrogen-bond donors (Lipinski definition) is 3. The topological polar surface area (TPSA) is 108 Å². The summed E-state index contributed by atoms with van der Waals surface area (Å²) >= 11 is 0. The molecule has 4 N–H and O–H groups in total. The van der Waals surface area contributed by atoms with E-state index in [-0.39, 0.29) is 0 Å². The highest BCUT2D eigenvalue weighted by Crippen LogP contribution is 2.28. The van der Waals surface area contributed by atoms with Crippen LogP contribution in [0.4, 0.5) is 10.5 Å². The van der Waals surface area contributed by atoms with Crippen LogP contribution >= 0.6 is 0 Å². The van der Waals surface area contributed by atoms with Gasteiger partial charge in [-0.3, -0.25) is 10.1 Å². The number of hydrogen-bond acceptors (Lipinski definition) is 5. The lowest BCUT2D eigenvalue weighted by Crippen LogP contribution is -2.49. The van der Waals surface area contributed by atoms with Crippen LogP contribution in [-0.4, -0.2) is 35.4 Å². The van der Waals surface area contributed by atoms with Crippen molar-refractivity contribution in [3.05, 3.63) is 29.8 Å². The van der Waals surface area contributed by atoms with E-state index in [1.807, 2.05) is 29.2 Å². The van der Waals surface area contributed by atoms with Crippen molar-refractivity contribution in [1.29, 1.82) is 0 Å². The predicted octanol–water partition coefficient (Wildman–Crippen LogP) is 1.05. The Balaban J connectivity index is 2.36. The summed E-state index contributed by atoms with van der Waals surface area (Å²) in [6, 6.07) is 5.98. The summed E-state index contributed by atoms with van der Waals surface area (Å²) in [5.74, 6) is -0.457. The van der Waals surface area contributed by atoms with Gasteiger partial charge in [0.15, 0.2) is 0 Å². The molecule has 7 heteroatoms. The van der Waals surface area contributed by atoms with Crippen LogP contribution in [0.5, 0.6) is 0 Å². The van der Waals surface area contributed by atoms with E-state index in [1.54, 1.807) is 6.92 Å². The highest BCUT2D eigenvalue weighted by Gasteiger charge is 2.27. The van der Waals surface area contributed by atoms with E-state index in [4.69, 9.17) is 10.9 Å². The van der Waals surface area contributed by atoms with Crippen LogP contribution in [-0.2, 0) is 4.79 Å². The first kappa shape index (κ1) is 14.8. The van der Waals surface area contributed by atoms with Crippen LogP contribution in [0.15, 0.2) is 29.4 Å². The van der Waals surface area contributed by atoms with Gasteiger partial charge in [0.1, 0.15) is 6.04 Å². The zero-order valence-corrected chi connectivity index (χ0v) is 11.7. The molecule has 0 radical (unpaired) electrons. The molecule has 0 aromatic heterocycles. The molecule has 1 atom stereocenters. The Morgan fingerprint density at radius 1 is 1.43 bits per heavy atom. The Labute approximate surface area is 122 Å². The van der Waals surface area contributed by atoms with Crippen molar-refractivity contribution >= 4 is 23.3 Å². The maximum Gasteiger partial charge on any atom is 0.318 e. The van der Waals surface area contributed by atoms with E-state index >= 15 is 0 Å². The molecule has 1 aliphatic rings. The van der Waals surface area contributed by atoms with Gasteiger partial charge in [0.2, 0.25) is 5.91 Å². The molecule has 0 bridgehead atoms. The average Bonchev–Trinajstić information content (AvgIpc) is 2.65. The van der Waals surface area contributed by atoms with Crippen LogP contribution < -0.4 is 16.0 Å². The molecule has 0 saturated heterocycles. The minimum absolute atomic E-state index is 0.457. The number of carbonyl (C=O) groups is 2. The molecule has 1 heterocycles. The number of oxime groups is 1. The summed E-state index contributed by atoms with van der Waals surface area (Å²) in [6.07, 6.45) is 1.36. The minimum atomic E-state index is -0.868. The van der Waals surface area contributed by atoms with E-state index in [1.165, 1.54) is 0 Å². The molecular weight excluding hydrogens is 272 g/mol. The first-order valence-corrected chi connectivity index (χ1v) is 6.72. The number of carbonyl (C=O) groups excluding carboxylic acids is 2. The van der Waals surface area contributed by atoms with Gasteiger partial charge in [-0.1, -0.05) is 23.4 Å². The number of nitrogens with zero attached hydrogens (tertiary/aromatic N) is 2. The van der Waals surface area contributed by atoms with Crippen molar-refractivity contribution in [1.82, 2.24) is 5.32 Å². The molecule has 112 valence electrons. The summed E-state index contributed by atoms with van der Waals surface area (Å²) in [5.41, 5.74) is 7.17. The summed E-state index contributed by atoms with van der Waals surface area (Å²) in [7, 11) is 0. The van der Waals surface area contributed by atoms with E-state index in [9.17, 15) is 9.59 Å². The summed E-state index contributed by atoms with van der Waals surface area (Å²) in [6.45, 7) is 2.32. The minimum Gasteiger partial charge on any atom is -0.411 e. The zero-order chi connectivity index (χ0) is 15.4. The number of amides is 3. The summed E-state index contributed by atoms with van der Waals surface area (Å²) in [4.78, 5) is 24.7. The maximum absolute atomic E-state index is 12.0. The molecule has 1 unspecified atom stereocenters. The SMILES string of the molecule is CC(C(=O)NC(N)=O)N1CCC/C(=N/O)c2ccccc21. The third-order valence-corrected chi connectivity index (χ3v) is 3.55. The Bertz CT molecular complexity index is 585. The predicted molar refractivity (Wildman–Crippen MR) is 78.5 cm³/mol. The molecule has 2 rings (SSSR count). The number of imide groups is 1. The Kier molecular flexibility index (Phi) is 4.42. The lowest BCUT2D eigenvalue weighted by atomic mass is 10.1. The van der Waals surface area contributed by atoms with Gasteiger partial charge in [-0.25, -0.2) is 4.79 Å². The van der Waals surface area contributed by atoms with Gasteiger partial charge in [0.05, 0.1) is 5.71 Å². The number of urea groups is 1. The standard InChI is InChI=1S/C14H18N4O3/c1-9(13(19)16-14(15)20)18-8-4-6-11(17-21)10-5-2-3-7-12(10)18/h2-3,5,7,9,21H,4,6,8H2,1H3,(H3,15,16,19,20)/b17-11-. The molecule has 0 spiro atoms. The monoisotopic (exact) mass is 290 g/mol. The van der Waals surface area contributed by atoms with Crippen molar-refractivity contribution < 1.29 is 14.8 Å². The van der Waals surface area contributed by atoms with Gasteiger partial charge >= 0.3 is 6.03 Å². The number of anilines is 1. The van der Waals surface area contributed by atoms with E-state index in [2.05, 4.69) is 10.5 Å². The lowest BCUT2D eigenvalue weighted by Gasteiger charge is -2.30. The van der Waals surface area contributed by atoms with E-state index < -0.39 is 18.0 Å². The molecule has 7 nitrogen and oxygen atoms in total. The van der Waals surface area contributed by atoms with Crippen molar-refractivity contribution in [3.8, 4) is 0 Å². The fourth-order valence-electron chi connectivity index (χ4n) is 2.51. The van der Waals surface area contributed by atoms with Crippen LogP contribution in [0.3, 0.4) is 0 Å². The van der Waals surface area contributed by atoms with E-state index in [0.29, 0.717) is 18.7 Å². The van der Waals surface area contributed by atoms with Gasteiger partial charge in [0.25, 0.3) is 0 Å². The molecule has 1 aromatic carbocycles. The van der Waals surface area contributed by atoms with Gasteiger partial charge in [-0.2, -0.15) is 0 Å². The smallest absolute Gasteiger partial charge is 0.318 e. The Morgan fingerprint density at radius 2 is 2.14 bits per heavy atom. The molecule has 21 heavy (non-hydrogen) atoms. The number of fused-ring (bicyclic) bond motifs is 1. The largest absolute Gasteiger partial charge is 0.411 e. The maximum atomic E-state index is 12.0. The van der Waals surface area contributed by atoms with Gasteiger partial charge in [0, 0.05) is 17.8 Å². The second-order valence-corrected chi connectivity index (χ2v) is 4.89. The number of benzene rings is 1. The lowest BCUT2D eigenvalue weighted by molar-refractivity contribution is -0.120. The number of para-hydroxylation sites is 1. The van der Waals surface area contributed by atoms with Crippen LogP contribution in [0.25, 0.3) is 0 Å². The van der Waals surface area contributed by atoms with Gasteiger partial charge < -0.3 is 15.8 Å².